The van der Waals surface area contributed by atoms with Crippen LogP contribution < -0.4 is 16.2 Å². The Morgan fingerprint density at radius 3 is 2.40 bits per heavy atom. The van der Waals surface area contributed by atoms with Crippen molar-refractivity contribution in [3.05, 3.63) is 75.8 Å². The molecular formula is C17H13Cl2N3O2S. The van der Waals surface area contributed by atoms with Gasteiger partial charge in [0.15, 0.2) is 5.11 Å². The van der Waals surface area contributed by atoms with E-state index in [2.05, 4.69) is 16.2 Å². The minimum Gasteiger partial charge on any atom is -0.298 e. The zero-order chi connectivity index (χ0) is 18.2. The van der Waals surface area contributed by atoms with Crippen molar-refractivity contribution in [1.82, 2.24) is 16.2 Å². The van der Waals surface area contributed by atoms with E-state index in [0.29, 0.717) is 5.02 Å². The maximum atomic E-state index is 12.0. The van der Waals surface area contributed by atoms with Gasteiger partial charge in [0.05, 0.1) is 10.6 Å². The molecule has 0 saturated carbocycles. The predicted molar refractivity (Wildman–Crippen MR) is 103 cm³/mol. The number of rotatable bonds is 3. The van der Waals surface area contributed by atoms with Gasteiger partial charge < -0.3 is 0 Å². The highest BCUT2D eigenvalue weighted by molar-refractivity contribution is 7.80. The quantitative estimate of drug-likeness (QED) is 0.424. The molecule has 2 rings (SSSR count). The number of nitrogens with one attached hydrogen (secondary N) is 3. The normalized spacial score (nSPS) is 10.3. The van der Waals surface area contributed by atoms with Crippen LogP contribution in [0.3, 0.4) is 0 Å². The van der Waals surface area contributed by atoms with Crippen LogP contribution in [0.25, 0.3) is 6.08 Å². The molecule has 128 valence electrons. The van der Waals surface area contributed by atoms with E-state index in [4.69, 9.17) is 35.4 Å². The molecule has 0 saturated heterocycles. The lowest BCUT2D eigenvalue weighted by Crippen LogP contribution is -2.48. The molecule has 0 aliphatic heterocycles. The van der Waals surface area contributed by atoms with Gasteiger partial charge in [-0.05, 0) is 42.1 Å². The summed E-state index contributed by atoms with van der Waals surface area (Å²) in [6, 6.07) is 13.8. The van der Waals surface area contributed by atoms with Gasteiger partial charge in [0, 0.05) is 11.1 Å². The number of carbonyl (C=O) groups excluding carboxylic acids is 2. The summed E-state index contributed by atoms with van der Waals surface area (Å²) in [5.41, 5.74) is 5.86. The Morgan fingerprint density at radius 1 is 1.00 bits per heavy atom. The third-order valence-corrected chi connectivity index (χ3v) is 3.68. The van der Waals surface area contributed by atoms with Crippen LogP contribution in [0.2, 0.25) is 10.0 Å². The number of halogens is 2. The lowest BCUT2D eigenvalue weighted by Gasteiger charge is -2.10. The highest BCUT2D eigenvalue weighted by Crippen LogP contribution is 2.20. The zero-order valence-corrected chi connectivity index (χ0v) is 15.1. The molecule has 0 fully saturated rings. The Balaban J connectivity index is 1.83. The maximum absolute atomic E-state index is 12.0. The van der Waals surface area contributed by atoms with Crippen molar-refractivity contribution < 1.29 is 9.59 Å². The standard InChI is InChI=1S/C17H13Cl2N3O2S/c18-12-7-8-13(14(19)10-12)16(24)21-22-17(25)20-15(23)9-6-11-4-2-1-3-5-11/h1-10H,(H,21,24)(H2,20,22,23,25)/b9-6+. The fourth-order valence-electron chi connectivity index (χ4n) is 1.78. The summed E-state index contributed by atoms with van der Waals surface area (Å²) < 4.78 is 0. The second-order valence-corrected chi connectivity index (χ2v) is 6.02. The summed E-state index contributed by atoms with van der Waals surface area (Å²) >= 11 is 16.7. The largest absolute Gasteiger partial charge is 0.298 e. The number of amides is 2. The van der Waals surface area contributed by atoms with Crippen LogP contribution in [0, 0.1) is 0 Å². The Bertz CT molecular complexity index is 826. The van der Waals surface area contributed by atoms with E-state index in [1.54, 1.807) is 6.08 Å². The number of hydrogen-bond donors (Lipinski definition) is 3. The van der Waals surface area contributed by atoms with Gasteiger partial charge in [-0.3, -0.25) is 25.8 Å². The first kappa shape index (κ1) is 18.9. The van der Waals surface area contributed by atoms with E-state index < -0.39 is 11.8 Å². The molecular weight excluding hydrogens is 381 g/mol. The van der Waals surface area contributed by atoms with Crippen molar-refractivity contribution in [2.24, 2.45) is 0 Å². The van der Waals surface area contributed by atoms with E-state index in [1.807, 2.05) is 30.3 Å². The van der Waals surface area contributed by atoms with Crippen molar-refractivity contribution in [1.29, 1.82) is 0 Å². The second kappa shape index (κ2) is 9.17. The van der Waals surface area contributed by atoms with Crippen LogP contribution in [0.4, 0.5) is 0 Å². The summed E-state index contributed by atoms with van der Waals surface area (Å²) in [6.07, 6.45) is 2.98. The van der Waals surface area contributed by atoms with Gasteiger partial charge in [0.25, 0.3) is 5.91 Å². The molecule has 2 aromatic carbocycles. The first-order valence-corrected chi connectivity index (χ1v) is 8.21. The summed E-state index contributed by atoms with van der Waals surface area (Å²) in [4.78, 5) is 23.7. The van der Waals surface area contributed by atoms with E-state index in [1.165, 1.54) is 24.3 Å². The Labute approximate surface area is 160 Å². The van der Waals surface area contributed by atoms with Gasteiger partial charge >= 0.3 is 0 Å². The predicted octanol–water partition coefficient (Wildman–Crippen LogP) is 3.34. The van der Waals surface area contributed by atoms with Gasteiger partial charge in [0.1, 0.15) is 0 Å². The van der Waals surface area contributed by atoms with Crippen LogP contribution in [0.5, 0.6) is 0 Å². The number of thiocarbonyl (C=S) groups is 1. The monoisotopic (exact) mass is 393 g/mol. The fourth-order valence-corrected chi connectivity index (χ4v) is 2.42. The van der Waals surface area contributed by atoms with Crippen LogP contribution >= 0.6 is 35.4 Å². The van der Waals surface area contributed by atoms with Crippen molar-refractivity contribution >= 4 is 58.4 Å². The SMILES string of the molecule is O=C(/C=C/c1ccccc1)NC(=S)NNC(=O)c1ccc(Cl)cc1Cl. The lowest BCUT2D eigenvalue weighted by molar-refractivity contribution is -0.115. The average molecular weight is 394 g/mol. The molecule has 2 aromatic rings. The maximum Gasteiger partial charge on any atom is 0.271 e. The van der Waals surface area contributed by atoms with E-state index in [0.717, 1.165) is 5.56 Å². The average Bonchev–Trinajstić information content (AvgIpc) is 2.59. The highest BCUT2D eigenvalue weighted by Gasteiger charge is 2.11. The molecule has 5 nitrogen and oxygen atoms in total. The third-order valence-electron chi connectivity index (χ3n) is 2.93. The van der Waals surface area contributed by atoms with Gasteiger partial charge in [-0.15, -0.1) is 0 Å². The molecule has 3 N–H and O–H groups in total. The van der Waals surface area contributed by atoms with Gasteiger partial charge in [0.2, 0.25) is 5.91 Å². The number of carbonyl (C=O) groups is 2. The Kier molecular flexibility index (Phi) is 6.94. The summed E-state index contributed by atoms with van der Waals surface area (Å²) in [7, 11) is 0. The highest BCUT2D eigenvalue weighted by atomic mass is 35.5. The molecule has 0 aliphatic carbocycles. The summed E-state index contributed by atoms with van der Waals surface area (Å²) in [6.45, 7) is 0. The lowest BCUT2D eigenvalue weighted by atomic mass is 10.2. The van der Waals surface area contributed by atoms with Crippen molar-refractivity contribution in [3.8, 4) is 0 Å². The number of hydrazine groups is 1. The zero-order valence-electron chi connectivity index (χ0n) is 12.8. The first-order chi connectivity index (χ1) is 12.0. The molecule has 25 heavy (non-hydrogen) atoms. The molecule has 0 aliphatic rings. The third kappa shape index (κ3) is 6.19. The molecule has 0 bridgehead atoms. The van der Waals surface area contributed by atoms with Gasteiger partial charge in [-0.25, -0.2) is 0 Å². The van der Waals surface area contributed by atoms with E-state index in [9.17, 15) is 9.59 Å². The second-order valence-electron chi connectivity index (χ2n) is 4.77. The van der Waals surface area contributed by atoms with Crippen molar-refractivity contribution in [3.63, 3.8) is 0 Å². The van der Waals surface area contributed by atoms with Crippen LogP contribution in [0.15, 0.2) is 54.6 Å². The fraction of sp³-hybridized carbons (Fsp3) is 0. The minimum absolute atomic E-state index is 0.0545. The summed E-state index contributed by atoms with van der Waals surface area (Å²) in [5.74, 6) is -0.946. The molecule has 8 heteroatoms. The van der Waals surface area contributed by atoms with Crippen LogP contribution in [-0.4, -0.2) is 16.9 Å². The Morgan fingerprint density at radius 2 is 1.72 bits per heavy atom. The summed E-state index contributed by atoms with van der Waals surface area (Å²) in [5, 5.41) is 2.97. The molecule has 0 unspecified atom stereocenters. The van der Waals surface area contributed by atoms with Crippen molar-refractivity contribution in [2.45, 2.75) is 0 Å². The van der Waals surface area contributed by atoms with Crippen LogP contribution in [0.1, 0.15) is 15.9 Å². The molecule has 0 heterocycles. The number of benzene rings is 2. The molecule has 0 aromatic heterocycles. The molecule has 0 radical (unpaired) electrons. The van der Waals surface area contributed by atoms with E-state index in [-0.39, 0.29) is 15.7 Å². The topological polar surface area (TPSA) is 70.2 Å². The van der Waals surface area contributed by atoms with Gasteiger partial charge in [-0.2, -0.15) is 0 Å². The van der Waals surface area contributed by atoms with Crippen LogP contribution in [-0.2, 0) is 4.79 Å². The molecule has 2 amide bonds. The Hall–Kier alpha value is -2.41. The van der Waals surface area contributed by atoms with E-state index >= 15 is 0 Å². The molecule has 0 spiro atoms. The minimum atomic E-state index is -0.516. The van der Waals surface area contributed by atoms with Crippen molar-refractivity contribution in [2.75, 3.05) is 0 Å². The first-order valence-electron chi connectivity index (χ1n) is 7.05. The smallest absolute Gasteiger partial charge is 0.271 e. The number of hydrogen-bond acceptors (Lipinski definition) is 3. The molecule has 0 atom stereocenters. The van der Waals surface area contributed by atoms with Gasteiger partial charge in [-0.1, -0.05) is 53.5 Å².